The molecule has 0 saturated carbocycles. The summed E-state index contributed by atoms with van der Waals surface area (Å²) < 4.78 is 25.1. The van der Waals surface area contributed by atoms with Gasteiger partial charge >= 0.3 is 0 Å². The van der Waals surface area contributed by atoms with Crippen LogP contribution < -0.4 is 9.47 Å². The van der Waals surface area contributed by atoms with Gasteiger partial charge in [-0.05, 0) is 53.7 Å². The minimum atomic E-state index is -0.384. The van der Waals surface area contributed by atoms with Crippen molar-refractivity contribution < 1.29 is 23.5 Å². The second-order valence-corrected chi connectivity index (χ2v) is 8.47. The third-order valence-electron chi connectivity index (χ3n) is 4.79. The molecule has 0 aliphatic carbocycles. The summed E-state index contributed by atoms with van der Waals surface area (Å²) in [6.45, 7) is 0.325. The van der Waals surface area contributed by atoms with Gasteiger partial charge in [-0.2, -0.15) is 0 Å². The smallest absolute Gasteiger partial charge is 0.293 e. The van der Waals surface area contributed by atoms with Crippen LogP contribution in [0.4, 0.5) is 9.18 Å². The van der Waals surface area contributed by atoms with E-state index < -0.39 is 0 Å². The van der Waals surface area contributed by atoms with E-state index in [9.17, 15) is 14.0 Å². The van der Waals surface area contributed by atoms with Crippen LogP contribution in [-0.4, -0.2) is 29.2 Å². The molecule has 168 valence electrons. The van der Waals surface area contributed by atoms with Crippen molar-refractivity contribution in [1.29, 1.82) is 0 Å². The Bertz CT molecular complexity index is 1220. The van der Waals surface area contributed by atoms with Crippen molar-refractivity contribution in [3.63, 3.8) is 0 Å². The van der Waals surface area contributed by atoms with Crippen LogP contribution in [0.2, 0.25) is 5.02 Å². The molecule has 3 aromatic carbocycles. The van der Waals surface area contributed by atoms with E-state index in [0.29, 0.717) is 32.6 Å². The Hall–Kier alpha value is -3.29. The highest BCUT2D eigenvalue weighted by atomic mass is 35.5. The van der Waals surface area contributed by atoms with Gasteiger partial charge in [0.15, 0.2) is 0 Å². The molecule has 1 aliphatic rings. The van der Waals surface area contributed by atoms with Gasteiger partial charge in [0, 0.05) is 5.56 Å². The number of carbonyl (C=O) groups excluding carboxylic acids is 2. The lowest BCUT2D eigenvalue weighted by atomic mass is 10.2. The van der Waals surface area contributed by atoms with E-state index in [1.165, 1.54) is 6.07 Å². The molecule has 33 heavy (non-hydrogen) atoms. The number of nitrogens with zero attached hydrogens (tertiary/aromatic N) is 1. The number of amides is 2. The Morgan fingerprint density at radius 3 is 2.58 bits per heavy atom. The maximum Gasteiger partial charge on any atom is 0.293 e. The molecule has 4 rings (SSSR count). The molecule has 3 aromatic rings. The Kier molecular flexibility index (Phi) is 7.32. The summed E-state index contributed by atoms with van der Waals surface area (Å²) in [5.74, 6) is 0.305. The van der Waals surface area contributed by atoms with Crippen molar-refractivity contribution >= 4 is 40.6 Å². The molecule has 2 amide bonds. The summed E-state index contributed by atoms with van der Waals surface area (Å²) >= 11 is 6.92. The second-order valence-electron chi connectivity index (χ2n) is 7.06. The van der Waals surface area contributed by atoms with E-state index >= 15 is 0 Å². The van der Waals surface area contributed by atoms with E-state index in [-0.39, 0.29) is 36.7 Å². The van der Waals surface area contributed by atoms with Gasteiger partial charge in [-0.25, -0.2) is 4.39 Å². The molecule has 0 radical (unpaired) electrons. The van der Waals surface area contributed by atoms with Crippen LogP contribution in [0, 0.1) is 5.82 Å². The van der Waals surface area contributed by atoms with Gasteiger partial charge in [0.05, 0.1) is 16.5 Å². The molecule has 0 aromatic heterocycles. The highest BCUT2D eigenvalue weighted by Crippen LogP contribution is 2.33. The first kappa shape index (κ1) is 22.9. The fourth-order valence-corrected chi connectivity index (χ4v) is 4.18. The number of carbonyl (C=O) groups is 2. The number of ether oxygens (including phenoxy) is 2. The van der Waals surface area contributed by atoms with Gasteiger partial charge in [0.1, 0.15) is 30.5 Å². The molecule has 0 N–H and O–H groups in total. The molecule has 1 aliphatic heterocycles. The Labute approximate surface area is 199 Å². The molecule has 1 heterocycles. The second kappa shape index (κ2) is 10.6. The van der Waals surface area contributed by atoms with Crippen LogP contribution in [-0.2, 0) is 11.4 Å². The van der Waals surface area contributed by atoms with Gasteiger partial charge in [0.25, 0.3) is 11.1 Å². The molecule has 0 spiro atoms. The third-order valence-corrected chi connectivity index (χ3v) is 6.01. The summed E-state index contributed by atoms with van der Waals surface area (Å²) in [7, 11) is 0. The molecule has 0 bridgehead atoms. The summed E-state index contributed by atoms with van der Waals surface area (Å²) in [4.78, 5) is 26.5. The van der Waals surface area contributed by atoms with Crippen molar-refractivity contribution in [3.05, 3.63) is 99.7 Å². The van der Waals surface area contributed by atoms with Crippen LogP contribution in [0.1, 0.15) is 11.1 Å². The first-order valence-corrected chi connectivity index (χ1v) is 11.3. The van der Waals surface area contributed by atoms with Crippen molar-refractivity contribution in [1.82, 2.24) is 4.90 Å². The minimum absolute atomic E-state index is 0.0814. The number of rotatable bonds is 8. The first-order valence-electron chi connectivity index (χ1n) is 10.1. The molecule has 0 atom stereocenters. The Morgan fingerprint density at radius 2 is 1.76 bits per heavy atom. The predicted molar refractivity (Wildman–Crippen MR) is 127 cm³/mol. The SMILES string of the molecule is O=C1S/C(=C\c2cccc(OCc3ccccc3F)c2)C(=O)N1CCOc1ccccc1Cl. The monoisotopic (exact) mass is 483 g/mol. The average Bonchev–Trinajstić information content (AvgIpc) is 3.07. The number of halogens is 2. The Balaban J connectivity index is 1.38. The van der Waals surface area contributed by atoms with Crippen molar-refractivity contribution in [3.8, 4) is 11.5 Å². The predicted octanol–water partition coefficient (Wildman–Crippen LogP) is 6.17. The molecular weight excluding hydrogens is 465 g/mol. The lowest BCUT2D eigenvalue weighted by Gasteiger charge is -2.13. The van der Waals surface area contributed by atoms with Crippen LogP contribution >= 0.6 is 23.4 Å². The Morgan fingerprint density at radius 1 is 0.970 bits per heavy atom. The fourth-order valence-electron chi connectivity index (χ4n) is 3.12. The maximum atomic E-state index is 13.8. The number of hydrogen-bond acceptors (Lipinski definition) is 5. The number of para-hydroxylation sites is 1. The number of benzene rings is 3. The summed E-state index contributed by atoms with van der Waals surface area (Å²) in [5.41, 5.74) is 1.14. The topological polar surface area (TPSA) is 55.8 Å². The summed E-state index contributed by atoms with van der Waals surface area (Å²) in [5, 5.41) is 0.101. The van der Waals surface area contributed by atoms with E-state index in [4.69, 9.17) is 21.1 Å². The van der Waals surface area contributed by atoms with Crippen molar-refractivity contribution in [2.24, 2.45) is 0 Å². The molecule has 5 nitrogen and oxygen atoms in total. The highest BCUT2D eigenvalue weighted by molar-refractivity contribution is 8.18. The minimum Gasteiger partial charge on any atom is -0.490 e. The van der Waals surface area contributed by atoms with Gasteiger partial charge in [-0.3, -0.25) is 14.5 Å². The summed E-state index contributed by atoms with van der Waals surface area (Å²) in [6.07, 6.45) is 1.63. The lowest BCUT2D eigenvalue weighted by Crippen LogP contribution is -2.32. The van der Waals surface area contributed by atoms with E-state index in [1.807, 2.05) is 0 Å². The van der Waals surface area contributed by atoms with Crippen LogP contribution in [0.25, 0.3) is 6.08 Å². The van der Waals surface area contributed by atoms with Crippen LogP contribution in [0.3, 0.4) is 0 Å². The largest absolute Gasteiger partial charge is 0.490 e. The molecule has 8 heteroatoms. The molecule has 0 unspecified atom stereocenters. The first-order chi connectivity index (χ1) is 16.0. The van der Waals surface area contributed by atoms with E-state index in [2.05, 4.69) is 0 Å². The number of imide groups is 1. The molecular formula is C25H19ClFNO4S. The summed E-state index contributed by atoms with van der Waals surface area (Å²) in [6, 6.07) is 20.4. The zero-order valence-electron chi connectivity index (χ0n) is 17.4. The molecule has 1 fully saturated rings. The standard InChI is InChI=1S/C25H19ClFNO4S/c26-20-9-2-4-11-22(20)31-13-12-28-24(29)23(33-25(28)30)15-17-6-5-8-19(14-17)32-16-18-7-1-3-10-21(18)27/h1-11,14-15H,12-13,16H2/b23-15-. The van der Waals surface area contributed by atoms with Crippen molar-refractivity contribution in [2.45, 2.75) is 6.61 Å². The average molecular weight is 484 g/mol. The normalized spacial score (nSPS) is 14.7. The molecule has 1 saturated heterocycles. The van der Waals surface area contributed by atoms with Crippen LogP contribution in [0.5, 0.6) is 11.5 Å². The zero-order chi connectivity index (χ0) is 23.2. The number of thioether (sulfide) groups is 1. The fraction of sp³-hybridized carbons (Fsp3) is 0.120. The highest BCUT2D eigenvalue weighted by Gasteiger charge is 2.34. The lowest BCUT2D eigenvalue weighted by molar-refractivity contribution is -0.123. The van der Waals surface area contributed by atoms with Gasteiger partial charge in [-0.1, -0.05) is 54.1 Å². The van der Waals surface area contributed by atoms with Gasteiger partial charge < -0.3 is 9.47 Å². The zero-order valence-corrected chi connectivity index (χ0v) is 18.9. The number of hydrogen-bond donors (Lipinski definition) is 0. The van der Waals surface area contributed by atoms with E-state index in [0.717, 1.165) is 16.7 Å². The van der Waals surface area contributed by atoms with Crippen LogP contribution in [0.15, 0.2) is 77.7 Å². The maximum absolute atomic E-state index is 13.8. The van der Waals surface area contributed by atoms with Gasteiger partial charge in [-0.15, -0.1) is 0 Å². The quantitative estimate of drug-likeness (QED) is 0.358. The van der Waals surface area contributed by atoms with Gasteiger partial charge in [0.2, 0.25) is 0 Å². The van der Waals surface area contributed by atoms with E-state index in [1.54, 1.807) is 72.8 Å². The van der Waals surface area contributed by atoms with Crippen molar-refractivity contribution in [2.75, 3.05) is 13.2 Å². The third kappa shape index (κ3) is 5.74.